The van der Waals surface area contributed by atoms with Crippen LogP contribution in [-0.4, -0.2) is 41.2 Å². The monoisotopic (exact) mass is 175 g/mol. The van der Waals surface area contributed by atoms with Crippen LogP contribution in [0.4, 0.5) is 0 Å². The summed E-state index contributed by atoms with van der Waals surface area (Å²) >= 11 is 0. The molecule has 0 saturated carbocycles. The van der Waals surface area contributed by atoms with E-state index in [2.05, 4.69) is 4.99 Å². The molecule has 0 radical (unpaired) electrons. The van der Waals surface area contributed by atoms with Crippen LogP contribution in [-0.2, 0) is 4.79 Å². The van der Waals surface area contributed by atoms with E-state index in [1.165, 1.54) is 0 Å². The minimum absolute atomic E-state index is 0.0904. The van der Waals surface area contributed by atoms with E-state index in [0.717, 1.165) is 0 Å². The standard InChI is InChI=1S/C6H13N3O3/c7-4(6(11)12)1-2-9-5(8)3-10/h4,10H,1-3,7H2,(H2,8,9)(H,11,12). The van der Waals surface area contributed by atoms with E-state index < -0.39 is 12.0 Å². The predicted octanol–water partition coefficient (Wildman–Crippen LogP) is -1.86. The van der Waals surface area contributed by atoms with Crippen molar-refractivity contribution in [2.75, 3.05) is 13.2 Å². The highest BCUT2D eigenvalue weighted by molar-refractivity contribution is 5.81. The second-order valence-corrected chi connectivity index (χ2v) is 2.26. The molecule has 0 aliphatic heterocycles. The van der Waals surface area contributed by atoms with Crippen LogP contribution >= 0.6 is 0 Å². The van der Waals surface area contributed by atoms with Gasteiger partial charge < -0.3 is 21.7 Å². The maximum Gasteiger partial charge on any atom is 0.320 e. The van der Waals surface area contributed by atoms with Crippen molar-refractivity contribution in [2.24, 2.45) is 16.5 Å². The number of carbonyl (C=O) groups is 1. The summed E-state index contributed by atoms with van der Waals surface area (Å²) in [6, 6.07) is -0.916. The molecule has 0 bridgehead atoms. The van der Waals surface area contributed by atoms with Gasteiger partial charge in [-0.3, -0.25) is 9.79 Å². The van der Waals surface area contributed by atoms with Crippen molar-refractivity contribution in [3.05, 3.63) is 0 Å². The van der Waals surface area contributed by atoms with E-state index in [1.54, 1.807) is 0 Å². The molecule has 0 fully saturated rings. The number of carboxylic acids is 1. The SMILES string of the molecule is NC(CO)=NCCC(N)C(=O)O. The van der Waals surface area contributed by atoms with Gasteiger partial charge in [-0.05, 0) is 6.42 Å². The summed E-state index contributed by atoms with van der Waals surface area (Å²) in [7, 11) is 0. The van der Waals surface area contributed by atoms with Gasteiger partial charge in [-0.15, -0.1) is 0 Å². The number of aliphatic hydroxyl groups is 1. The Balaban J connectivity index is 3.62. The number of hydrogen-bond donors (Lipinski definition) is 4. The third-order valence-electron chi connectivity index (χ3n) is 1.23. The van der Waals surface area contributed by atoms with E-state index in [4.69, 9.17) is 21.7 Å². The molecule has 1 atom stereocenters. The second kappa shape index (κ2) is 5.50. The Morgan fingerprint density at radius 2 is 2.17 bits per heavy atom. The molecule has 6 N–H and O–H groups in total. The molecule has 0 aromatic heterocycles. The van der Waals surface area contributed by atoms with Crippen LogP contribution in [0.25, 0.3) is 0 Å². The van der Waals surface area contributed by atoms with Crippen LogP contribution < -0.4 is 11.5 Å². The number of aliphatic carboxylic acids is 1. The first-order chi connectivity index (χ1) is 5.57. The average Bonchev–Trinajstić information content (AvgIpc) is 2.03. The van der Waals surface area contributed by atoms with Crippen molar-refractivity contribution in [3.8, 4) is 0 Å². The van der Waals surface area contributed by atoms with E-state index >= 15 is 0 Å². The number of amidine groups is 1. The zero-order chi connectivity index (χ0) is 9.56. The fourth-order valence-electron chi connectivity index (χ4n) is 0.521. The van der Waals surface area contributed by atoms with E-state index in [1.807, 2.05) is 0 Å². The first kappa shape index (κ1) is 10.9. The molecule has 70 valence electrons. The summed E-state index contributed by atoms with van der Waals surface area (Å²) in [5.41, 5.74) is 10.3. The lowest BCUT2D eigenvalue weighted by Crippen LogP contribution is -2.31. The number of nitrogens with zero attached hydrogens (tertiary/aromatic N) is 1. The summed E-state index contributed by atoms with van der Waals surface area (Å²) in [6.45, 7) is -0.0951. The number of hydrogen-bond acceptors (Lipinski definition) is 4. The normalized spacial score (nSPS) is 14.3. The molecular formula is C6H13N3O3. The summed E-state index contributed by atoms with van der Waals surface area (Å²) in [4.78, 5) is 13.9. The Kier molecular flexibility index (Phi) is 4.98. The molecular weight excluding hydrogens is 162 g/mol. The summed E-state index contributed by atoms with van der Waals surface area (Å²) in [6.07, 6.45) is 0.218. The average molecular weight is 175 g/mol. The molecule has 0 saturated heterocycles. The van der Waals surface area contributed by atoms with Gasteiger partial charge in [0.15, 0.2) is 0 Å². The molecule has 6 heteroatoms. The largest absolute Gasteiger partial charge is 0.480 e. The third-order valence-corrected chi connectivity index (χ3v) is 1.23. The van der Waals surface area contributed by atoms with Gasteiger partial charge >= 0.3 is 5.97 Å². The molecule has 1 unspecified atom stereocenters. The smallest absolute Gasteiger partial charge is 0.320 e. The van der Waals surface area contributed by atoms with Gasteiger partial charge in [-0.1, -0.05) is 0 Å². The second-order valence-electron chi connectivity index (χ2n) is 2.26. The first-order valence-electron chi connectivity index (χ1n) is 3.46. The quantitative estimate of drug-likeness (QED) is 0.288. The van der Waals surface area contributed by atoms with Crippen LogP contribution in [0.3, 0.4) is 0 Å². The lowest BCUT2D eigenvalue weighted by atomic mass is 10.2. The molecule has 0 amide bonds. The molecule has 0 aliphatic rings. The van der Waals surface area contributed by atoms with Crippen molar-refractivity contribution < 1.29 is 15.0 Å². The highest BCUT2D eigenvalue weighted by atomic mass is 16.4. The number of aliphatic imine (C=N–C) groups is 1. The van der Waals surface area contributed by atoms with Crippen LogP contribution in [0.1, 0.15) is 6.42 Å². The van der Waals surface area contributed by atoms with Crippen LogP contribution in [0.15, 0.2) is 4.99 Å². The lowest BCUT2D eigenvalue weighted by molar-refractivity contribution is -0.138. The Labute approximate surface area is 69.9 Å². The Morgan fingerprint density at radius 1 is 1.58 bits per heavy atom. The number of nitrogens with two attached hydrogens (primary N) is 2. The van der Waals surface area contributed by atoms with Gasteiger partial charge in [0.2, 0.25) is 0 Å². The minimum atomic E-state index is -1.06. The molecule has 0 spiro atoms. The Hall–Kier alpha value is -1.14. The van der Waals surface area contributed by atoms with Crippen LogP contribution in [0, 0.1) is 0 Å². The summed E-state index contributed by atoms with van der Waals surface area (Å²) < 4.78 is 0. The molecule has 0 aliphatic carbocycles. The highest BCUT2D eigenvalue weighted by Crippen LogP contribution is 1.88. The number of carboxylic acid groups (broad SMARTS) is 1. The number of aliphatic hydroxyl groups excluding tert-OH is 1. The maximum absolute atomic E-state index is 10.2. The predicted molar refractivity (Wildman–Crippen MR) is 43.8 cm³/mol. The third kappa shape index (κ3) is 4.64. The van der Waals surface area contributed by atoms with E-state index in [-0.39, 0.29) is 25.4 Å². The summed E-state index contributed by atoms with van der Waals surface area (Å²) in [5, 5.41) is 16.8. The topological polar surface area (TPSA) is 122 Å². The fraction of sp³-hybridized carbons (Fsp3) is 0.667. The van der Waals surface area contributed by atoms with Crippen molar-refractivity contribution >= 4 is 11.8 Å². The van der Waals surface area contributed by atoms with Gasteiger partial charge in [0, 0.05) is 6.54 Å². The highest BCUT2D eigenvalue weighted by Gasteiger charge is 2.09. The van der Waals surface area contributed by atoms with Crippen LogP contribution in [0.5, 0.6) is 0 Å². The van der Waals surface area contributed by atoms with E-state index in [9.17, 15) is 4.79 Å². The van der Waals surface area contributed by atoms with Crippen LogP contribution in [0.2, 0.25) is 0 Å². The number of rotatable bonds is 5. The lowest BCUT2D eigenvalue weighted by Gasteiger charge is -2.02. The molecule has 12 heavy (non-hydrogen) atoms. The van der Waals surface area contributed by atoms with Gasteiger partial charge in [-0.2, -0.15) is 0 Å². The van der Waals surface area contributed by atoms with Crippen molar-refractivity contribution in [2.45, 2.75) is 12.5 Å². The van der Waals surface area contributed by atoms with Gasteiger partial charge in [0.05, 0.1) is 0 Å². The maximum atomic E-state index is 10.2. The van der Waals surface area contributed by atoms with Gasteiger partial charge in [-0.25, -0.2) is 0 Å². The first-order valence-corrected chi connectivity index (χ1v) is 3.46. The van der Waals surface area contributed by atoms with E-state index in [0.29, 0.717) is 0 Å². The Morgan fingerprint density at radius 3 is 2.58 bits per heavy atom. The molecule has 0 heterocycles. The zero-order valence-electron chi connectivity index (χ0n) is 6.60. The fourth-order valence-corrected chi connectivity index (χ4v) is 0.521. The molecule has 0 aromatic carbocycles. The minimum Gasteiger partial charge on any atom is -0.480 e. The zero-order valence-corrected chi connectivity index (χ0v) is 6.60. The summed E-state index contributed by atoms with van der Waals surface area (Å²) in [5.74, 6) is -0.972. The molecule has 6 nitrogen and oxygen atoms in total. The van der Waals surface area contributed by atoms with Crippen molar-refractivity contribution in [3.63, 3.8) is 0 Å². The van der Waals surface area contributed by atoms with Gasteiger partial charge in [0.1, 0.15) is 18.5 Å². The van der Waals surface area contributed by atoms with Gasteiger partial charge in [0.25, 0.3) is 0 Å². The Bertz CT molecular complexity index is 181. The molecule has 0 aromatic rings. The van der Waals surface area contributed by atoms with Crippen molar-refractivity contribution in [1.82, 2.24) is 0 Å². The van der Waals surface area contributed by atoms with Crippen molar-refractivity contribution in [1.29, 1.82) is 0 Å². The molecule has 0 rings (SSSR count).